The third kappa shape index (κ3) is 2.97. The van der Waals surface area contributed by atoms with E-state index in [2.05, 4.69) is 25.7 Å². The predicted molar refractivity (Wildman–Crippen MR) is 104 cm³/mol. The van der Waals surface area contributed by atoms with E-state index in [9.17, 15) is 4.79 Å². The molecule has 7 nitrogen and oxygen atoms in total. The van der Waals surface area contributed by atoms with Crippen LogP contribution in [0.4, 0.5) is 10.8 Å². The van der Waals surface area contributed by atoms with Crippen molar-refractivity contribution in [3.63, 3.8) is 0 Å². The molecule has 1 aromatic carbocycles. The summed E-state index contributed by atoms with van der Waals surface area (Å²) >= 11 is 7.77. The molecular formula is C17H15ClN6OS. The van der Waals surface area contributed by atoms with Crippen LogP contribution in [0.2, 0.25) is 5.02 Å². The van der Waals surface area contributed by atoms with Crippen LogP contribution in [0.5, 0.6) is 0 Å². The summed E-state index contributed by atoms with van der Waals surface area (Å²) in [5.74, 6) is 0. The van der Waals surface area contributed by atoms with Crippen molar-refractivity contribution in [3.05, 3.63) is 52.0 Å². The maximum atomic E-state index is 12.2. The second-order valence-corrected chi connectivity index (χ2v) is 7.41. The lowest BCUT2D eigenvalue weighted by atomic mass is 10.2. The first kappa shape index (κ1) is 16.7. The standard InChI is InChI=1S/C17H15ClN6OS/c1-9(2)24-6-5-10(7-14(24)25)16-22-23-17(26-16)20-13-4-3-12-11(15(13)18)8-19-21-12/h3-9H,1-2H3,(H,19,21)(H,20,23). The molecule has 132 valence electrons. The van der Waals surface area contributed by atoms with E-state index in [1.807, 2.05) is 32.0 Å². The van der Waals surface area contributed by atoms with E-state index in [0.717, 1.165) is 22.2 Å². The van der Waals surface area contributed by atoms with Gasteiger partial charge >= 0.3 is 0 Å². The first-order valence-corrected chi connectivity index (χ1v) is 9.17. The van der Waals surface area contributed by atoms with Crippen molar-refractivity contribution in [2.24, 2.45) is 0 Å². The van der Waals surface area contributed by atoms with Crippen LogP contribution in [0, 0.1) is 0 Å². The fraction of sp³-hybridized carbons (Fsp3) is 0.176. The number of nitrogens with zero attached hydrogens (tertiary/aromatic N) is 4. The van der Waals surface area contributed by atoms with Crippen molar-refractivity contribution in [2.45, 2.75) is 19.9 Å². The van der Waals surface area contributed by atoms with Crippen LogP contribution in [0.15, 0.2) is 41.5 Å². The Bertz CT molecular complexity index is 1150. The fourth-order valence-corrected chi connectivity index (χ4v) is 3.65. The Labute approximate surface area is 157 Å². The molecule has 0 saturated heterocycles. The molecule has 0 unspecified atom stereocenters. The summed E-state index contributed by atoms with van der Waals surface area (Å²) in [6, 6.07) is 7.31. The van der Waals surface area contributed by atoms with Gasteiger partial charge in [0.25, 0.3) is 5.56 Å². The van der Waals surface area contributed by atoms with Gasteiger partial charge in [-0.15, -0.1) is 10.2 Å². The number of pyridine rings is 1. The van der Waals surface area contributed by atoms with Crippen molar-refractivity contribution >= 4 is 44.7 Å². The van der Waals surface area contributed by atoms with Crippen LogP contribution >= 0.6 is 22.9 Å². The average molecular weight is 387 g/mol. The molecule has 0 bridgehead atoms. The van der Waals surface area contributed by atoms with Gasteiger partial charge in [-0.2, -0.15) is 5.10 Å². The molecule has 0 saturated carbocycles. The molecule has 3 aromatic heterocycles. The van der Waals surface area contributed by atoms with Gasteiger partial charge in [-0.25, -0.2) is 0 Å². The number of anilines is 2. The molecule has 4 rings (SSSR count). The van der Waals surface area contributed by atoms with Crippen molar-refractivity contribution in [1.29, 1.82) is 0 Å². The van der Waals surface area contributed by atoms with Gasteiger partial charge in [-0.1, -0.05) is 22.9 Å². The minimum atomic E-state index is -0.0596. The lowest BCUT2D eigenvalue weighted by Crippen LogP contribution is -2.20. The van der Waals surface area contributed by atoms with Gasteiger partial charge in [-0.05, 0) is 32.0 Å². The highest BCUT2D eigenvalue weighted by Crippen LogP contribution is 2.34. The third-order valence-corrected chi connectivity index (χ3v) is 5.27. The number of aromatic amines is 1. The molecule has 0 spiro atoms. The quantitative estimate of drug-likeness (QED) is 0.548. The maximum absolute atomic E-state index is 12.2. The van der Waals surface area contributed by atoms with E-state index in [-0.39, 0.29) is 11.6 Å². The molecule has 0 aliphatic rings. The van der Waals surface area contributed by atoms with E-state index < -0.39 is 0 Å². The molecule has 2 N–H and O–H groups in total. The Morgan fingerprint density at radius 2 is 2.12 bits per heavy atom. The van der Waals surface area contributed by atoms with Crippen molar-refractivity contribution in [2.75, 3.05) is 5.32 Å². The summed E-state index contributed by atoms with van der Waals surface area (Å²) < 4.78 is 1.67. The van der Waals surface area contributed by atoms with Crippen LogP contribution < -0.4 is 10.9 Å². The number of halogens is 1. The first-order valence-electron chi connectivity index (χ1n) is 7.97. The van der Waals surface area contributed by atoms with Crippen molar-refractivity contribution in [1.82, 2.24) is 25.0 Å². The Morgan fingerprint density at radius 3 is 2.88 bits per heavy atom. The van der Waals surface area contributed by atoms with Gasteiger partial charge in [0.2, 0.25) is 5.13 Å². The zero-order chi connectivity index (χ0) is 18.3. The smallest absolute Gasteiger partial charge is 0.251 e. The van der Waals surface area contributed by atoms with Gasteiger partial charge in [0.1, 0.15) is 5.01 Å². The number of nitrogens with one attached hydrogen (secondary N) is 2. The van der Waals surface area contributed by atoms with Crippen LogP contribution in [0.1, 0.15) is 19.9 Å². The average Bonchev–Trinajstić information content (AvgIpc) is 3.26. The summed E-state index contributed by atoms with van der Waals surface area (Å²) in [6.45, 7) is 3.93. The fourth-order valence-electron chi connectivity index (χ4n) is 2.63. The molecule has 4 aromatic rings. The van der Waals surface area contributed by atoms with E-state index in [1.165, 1.54) is 11.3 Å². The van der Waals surface area contributed by atoms with Gasteiger partial charge in [0.15, 0.2) is 0 Å². The zero-order valence-electron chi connectivity index (χ0n) is 14.0. The normalized spacial score (nSPS) is 11.4. The number of H-pyrrole nitrogens is 1. The summed E-state index contributed by atoms with van der Waals surface area (Å²) in [5, 5.41) is 21.0. The highest BCUT2D eigenvalue weighted by Gasteiger charge is 2.12. The minimum Gasteiger partial charge on any atom is -0.329 e. The van der Waals surface area contributed by atoms with Crippen LogP contribution in [-0.2, 0) is 0 Å². The number of hydrogen-bond donors (Lipinski definition) is 2. The van der Waals surface area contributed by atoms with Crippen molar-refractivity contribution < 1.29 is 0 Å². The van der Waals surface area contributed by atoms with Crippen LogP contribution in [0.25, 0.3) is 21.5 Å². The number of rotatable bonds is 4. The lowest BCUT2D eigenvalue weighted by Gasteiger charge is -2.09. The molecule has 0 atom stereocenters. The van der Waals surface area contributed by atoms with E-state index in [4.69, 9.17) is 11.6 Å². The Morgan fingerprint density at radius 1 is 1.27 bits per heavy atom. The molecule has 9 heteroatoms. The van der Waals surface area contributed by atoms with Gasteiger partial charge in [0, 0.05) is 29.3 Å². The second-order valence-electron chi connectivity index (χ2n) is 6.05. The van der Waals surface area contributed by atoms with Gasteiger partial charge in [0.05, 0.1) is 22.4 Å². The largest absolute Gasteiger partial charge is 0.329 e. The summed E-state index contributed by atoms with van der Waals surface area (Å²) in [5.41, 5.74) is 2.27. The molecule has 0 fully saturated rings. The SMILES string of the molecule is CC(C)n1ccc(-c2nnc(Nc3ccc4[nH]ncc4c3Cl)s2)cc1=O. The monoisotopic (exact) mass is 386 g/mol. The molecular weight excluding hydrogens is 372 g/mol. The van der Waals surface area contributed by atoms with Crippen molar-refractivity contribution in [3.8, 4) is 10.6 Å². The summed E-state index contributed by atoms with van der Waals surface area (Å²) in [4.78, 5) is 12.2. The minimum absolute atomic E-state index is 0.0596. The first-order chi connectivity index (χ1) is 12.5. The molecule has 0 amide bonds. The number of benzene rings is 1. The third-order valence-electron chi connectivity index (χ3n) is 3.98. The topological polar surface area (TPSA) is 88.5 Å². The van der Waals surface area contributed by atoms with Crippen LogP contribution in [0.3, 0.4) is 0 Å². The Balaban J connectivity index is 1.62. The highest BCUT2D eigenvalue weighted by atomic mass is 35.5. The maximum Gasteiger partial charge on any atom is 0.251 e. The predicted octanol–water partition coefficient (Wildman–Crippen LogP) is 4.22. The van der Waals surface area contributed by atoms with Gasteiger partial charge in [-0.3, -0.25) is 9.89 Å². The number of aromatic nitrogens is 5. The summed E-state index contributed by atoms with van der Waals surface area (Å²) in [6.07, 6.45) is 3.46. The zero-order valence-corrected chi connectivity index (χ0v) is 15.6. The Hall–Kier alpha value is -2.71. The summed E-state index contributed by atoms with van der Waals surface area (Å²) in [7, 11) is 0. The van der Waals surface area contributed by atoms with Gasteiger partial charge < -0.3 is 9.88 Å². The highest BCUT2D eigenvalue weighted by molar-refractivity contribution is 7.18. The second kappa shape index (κ2) is 6.54. The van der Waals surface area contributed by atoms with E-state index in [0.29, 0.717) is 15.2 Å². The van der Waals surface area contributed by atoms with Crippen LogP contribution in [-0.4, -0.2) is 25.0 Å². The number of hydrogen-bond acceptors (Lipinski definition) is 6. The number of fused-ring (bicyclic) bond motifs is 1. The molecule has 26 heavy (non-hydrogen) atoms. The molecule has 3 heterocycles. The molecule has 0 aliphatic carbocycles. The molecule has 0 radical (unpaired) electrons. The van der Waals surface area contributed by atoms with E-state index in [1.54, 1.807) is 23.0 Å². The van der Waals surface area contributed by atoms with E-state index >= 15 is 0 Å². The Kier molecular flexibility index (Phi) is 4.21. The lowest BCUT2D eigenvalue weighted by molar-refractivity contribution is 0.579. The molecule has 0 aliphatic heterocycles.